The molecule has 0 heterocycles. The minimum absolute atomic E-state index is 0.170. The summed E-state index contributed by atoms with van der Waals surface area (Å²) in [6, 6.07) is 7.71. The summed E-state index contributed by atoms with van der Waals surface area (Å²) < 4.78 is 24.0. The number of nitrogens with one attached hydrogen (secondary N) is 1. The highest BCUT2D eigenvalue weighted by molar-refractivity contribution is 7.91. The average molecular weight is 332 g/mol. The molecule has 1 aromatic rings. The van der Waals surface area contributed by atoms with Crippen LogP contribution in [0.15, 0.2) is 24.3 Å². The van der Waals surface area contributed by atoms with Crippen molar-refractivity contribution in [2.24, 2.45) is 0 Å². The van der Waals surface area contributed by atoms with Crippen molar-refractivity contribution < 1.29 is 8.42 Å². The number of hydrogen-bond acceptors (Lipinski definition) is 3. The fourth-order valence-corrected chi connectivity index (χ4v) is 3.43. The van der Waals surface area contributed by atoms with Crippen molar-refractivity contribution in [2.75, 3.05) is 18.8 Å². The maximum Gasteiger partial charge on any atom is 0.152 e. The molecule has 0 radical (unpaired) electrons. The third kappa shape index (κ3) is 6.37. The minimum atomic E-state index is -3.00. The van der Waals surface area contributed by atoms with Crippen LogP contribution < -0.4 is 5.32 Å². The van der Waals surface area contributed by atoms with Gasteiger partial charge in [0.25, 0.3) is 0 Å². The second-order valence-electron chi connectivity index (χ2n) is 5.66. The van der Waals surface area contributed by atoms with Crippen LogP contribution in [0, 0.1) is 0 Å². The average Bonchev–Trinajstić information content (AvgIpc) is 2.42. The highest BCUT2D eigenvalue weighted by Gasteiger charge is 2.20. The summed E-state index contributed by atoms with van der Waals surface area (Å²) in [6.45, 7) is 7.30. The molecule has 0 spiro atoms. The molecule has 21 heavy (non-hydrogen) atoms. The Balaban J connectivity index is 2.78. The zero-order valence-corrected chi connectivity index (χ0v) is 14.7. The molecule has 1 aromatic carbocycles. The van der Waals surface area contributed by atoms with Crippen molar-refractivity contribution in [3.05, 3.63) is 34.9 Å². The van der Waals surface area contributed by atoms with Crippen molar-refractivity contribution in [3.63, 3.8) is 0 Å². The van der Waals surface area contributed by atoms with Gasteiger partial charge in [-0.1, -0.05) is 30.7 Å². The molecule has 1 N–H and O–H groups in total. The Kier molecular flexibility index (Phi) is 7.71. The molecule has 120 valence electrons. The van der Waals surface area contributed by atoms with Gasteiger partial charge < -0.3 is 5.32 Å². The van der Waals surface area contributed by atoms with Gasteiger partial charge >= 0.3 is 0 Å². The number of benzene rings is 1. The first kappa shape index (κ1) is 18.5. The number of hydrogen-bond donors (Lipinski definition) is 1. The molecule has 0 fully saturated rings. The lowest BCUT2D eigenvalue weighted by Gasteiger charge is -2.19. The second-order valence-corrected chi connectivity index (χ2v) is 8.77. The van der Waals surface area contributed by atoms with Crippen LogP contribution >= 0.6 is 11.6 Å². The minimum Gasteiger partial charge on any atom is -0.316 e. The molecule has 1 unspecified atom stereocenters. The first-order valence-corrected chi connectivity index (χ1v) is 9.64. The van der Waals surface area contributed by atoms with E-state index in [0.29, 0.717) is 11.4 Å². The lowest BCUT2D eigenvalue weighted by atomic mass is 9.96. The van der Waals surface area contributed by atoms with Gasteiger partial charge in [0.15, 0.2) is 9.84 Å². The molecule has 5 heteroatoms. The lowest BCUT2D eigenvalue weighted by Crippen LogP contribution is -2.26. The van der Waals surface area contributed by atoms with Crippen LogP contribution in [0.4, 0.5) is 0 Å². The molecular weight excluding hydrogens is 306 g/mol. The number of sulfone groups is 1. The number of rotatable bonds is 9. The van der Waals surface area contributed by atoms with E-state index < -0.39 is 9.84 Å². The van der Waals surface area contributed by atoms with E-state index in [9.17, 15) is 8.42 Å². The van der Waals surface area contributed by atoms with E-state index in [1.165, 1.54) is 0 Å². The lowest BCUT2D eigenvalue weighted by molar-refractivity contribution is 0.551. The van der Waals surface area contributed by atoms with E-state index in [1.807, 2.05) is 24.3 Å². The first-order chi connectivity index (χ1) is 9.86. The van der Waals surface area contributed by atoms with Gasteiger partial charge in [0.1, 0.15) is 0 Å². The van der Waals surface area contributed by atoms with E-state index in [1.54, 1.807) is 13.8 Å². The van der Waals surface area contributed by atoms with Crippen LogP contribution in [0.3, 0.4) is 0 Å². The summed E-state index contributed by atoms with van der Waals surface area (Å²) in [7, 11) is -3.00. The zero-order valence-electron chi connectivity index (χ0n) is 13.1. The van der Waals surface area contributed by atoms with Gasteiger partial charge in [-0.05, 0) is 56.8 Å². The van der Waals surface area contributed by atoms with E-state index in [4.69, 9.17) is 11.6 Å². The largest absolute Gasteiger partial charge is 0.316 e. The maximum atomic E-state index is 12.0. The van der Waals surface area contributed by atoms with Gasteiger partial charge in [0, 0.05) is 11.6 Å². The quantitative estimate of drug-likeness (QED) is 0.703. The van der Waals surface area contributed by atoms with Gasteiger partial charge in [0.05, 0.1) is 11.0 Å². The Morgan fingerprint density at radius 2 is 2.00 bits per heavy atom. The molecule has 0 saturated carbocycles. The maximum absolute atomic E-state index is 12.0. The SMILES string of the molecule is CCCNCC(CCS(=O)(=O)C(C)C)c1cccc(Cl)c1. The first-order valence-electron chi connectivity index (χ1n) is 7.54. The smallest absolute Gasteiger partial charge is 0.152 e. The standard InChI is InChI=1S/C16H26ClNO2S/c1-4-9-18-12-15(8-10-21(19,20)13(2)3)14-6-5-7-16(17)11-14/h5-7,11,13,15,18H,4,8-10,12H2,1-3H3. The molecule has 0 amide bonds. The third-order valence-corrected chi connectivity index (χ3v) is 6.08. The van der Waals surface area contributed by atoms with Gasteiger partial charge in [-0.3, -0.25) is 0 Å². The van der Waals surface area contributed by atoms with Crippen LogP contribution in [0.2, 0.25) is 5.02 Å². The van der Waals surface area contributed by atoms with Crippen LogP contribution in [-0.4, -0.2) is 32.5 Å². The Morgan fingerprint density at radius 3 is 2.57 bits per heavy atom. The molecule has 3 nitrogen and oxygen atoms in total. The molecular formula is C16H26ClNO2S. The van der Waals surface area contributed by atoms with Crippen LogP contribution in [0.5, 0.6) is 0 Å². The van der Waals surface area contributed by atoms with E-state index in [2.05, 4.69) is 12.2 Å². The zero-order chi connectivity index (χ0) is 15.9. The van der Waals surface area contributed by atoms with Gasteiger partial charge in [-0.15, -0.1) is 0 Å². The van der Waals surface area contributed by atoms with Crippen LogP contribution in [0.1, 0.15) is 45.1 Å². The fourth-order valence-electron chi connectivity index (χ4n) is 2.14. The van der Waals surface area contributed by atoms with Crippen molar-refractivity contribution in [1.29, 1.82) is 0 Å². The van der Waals surface area contributed by atoms with E-state index in [-0.39, 0.29) is 16.9 Å². The molecule has 1 rings (SSSR count). The summed E-state index contributed by atoms with van der Waals surface area (Å²) in [5.74, 6) is 0.388. The molecule has 0 saturated heterocycles. The Morgan fingerprint density at radius 1 is 1.29 bits per heavy atom. The summed E-state index contributed by atoms with van der Waals surface area (Å²) in [5.41, 5.74) is 1.10. The van der Waals surface area contributed by atoms with Crippen molar-refractivity contribution in [1.82, 2.24) is 5.32 Å². The summed E-state index contributed by atoms with van der Waals surface area (Å²) in [5, 5.41) is 3.76. The Hall–Kier alpha value is -0.580. The van der Waals surface area contributed by atoms with Gasteiger partial charge in [-0.25, -0.2) is 8.42 Å². The van der Waals surface area contributed by atoms with Gasteiger partial charge in [0.2, 0.25) is 0 Å². The monoisotopic (exact) mass is 331 g/mol. The van der Waals surface area contributed by atoms with Crippen LogP contribution in [-0.2, 0) is 9.84 Å². The molecule has 0 aliphatic heterocycles. The topological polar surface area (TPSA) is 46.2 Å². The fraction of sp³-hybridized carbons (Fsp3) is 0.625. The summed E-state index contributed by atoms with van der Waals surface area (Å²) in [4.78, 5) is 0. The summed E-state index contributed by atoms with van der Waals surface area (Å²) >= 11 is 6.05. The molecule has 0 bridgehead atoms. The predicted molar refractivity (Wildman–Crippen MR) is 90.9 cm³/mol. The number of halogens is 1. The molecule has 0 aromatic heterocycles. The third-order valence-electron chi connectivity index (χ3n) is 3.61. The van der Waals surface area contributed by atoms with Gasteiger partial charge in [-0.2, -0.15) is 0 Å². The van der Waals surface area contributed by atoms with Crippen molar-refractivity contribution >= 4 is 21.4 Å². The highest BCUT2D eigenvalue weighted by atomic mass is 35.5. The van der Waals surface area contributed by atoms with Crippen molar-refractivity contribution in [3.8, 4) is 0 Å². The van der Waals surface area contributed by atoms with Crippen LogP contribution in [0.25, 0.3) is 0 Å². The molecule has 0 aliphatic carbocycles. The van der Waals surface area contributed by atoms with E-state index >= 15 is 0 Å². The van der Waals surface area contributed by atoms with Crippen molar-refractivity contribution in [2.45, 2.75) is 44.8 Å². The summed E-state index contributed by atoms with van der Waals surface area (Å²) in [6.07, 6.45) is 1.68. The Bertz CT molecular complexity index is 529. The van der Waals surface area contributed by atoms with E-state index in [0.717, 1.165) is 25.1 Å². The normalized spacial score (nSPS) is 13.6. The molecule has 1 atom stereocenters. The second kappa shape index (κ2) is 8.76. The predicted octanol–water partition coefficient (Wildman–Crippen LogP) is 3.64. The Labute approximate surface area is 134 Å². The highest BCUT2D eigenvalue weighted by Crippen LogP contribution is 2.23. The molecule has 0 aliphatic rings.